The lowest BCUT2D eigenvalue weighted by molar-refractivity contribution is 0.161. The van der Waals surface area contributed by atoms with Crippen LogP contribution in [0.1, 0.15) is 13.8 Å². The minimum atomic E-state index is -0.652. The van der Waals surface area contributed by atoms with Gasteiger partial charge in [0.15, 0.2) is 0 Å². The predicted octanol–water partition coefficient (Wildman–Crippen LogP) is 2.37. The van der Waals surface area contributed by atoms with Crippen molar-refractivity contribution < 1.29 is 13.9 Å². The number of carbonyl (C=O) groups is 1. The van der Waals surface area contributed by atoms with Crippen molar-refractivity contribution in [2.75, 3.05) is 18.5 Å². The molecule has 1 rings (SSSR count). The maximum atomic E-state index is 13.2. The lowest BCUT2D eigenvalue weighted by Crippen LogP contribution is -2.28. The van der Waals surface area contributed by atoms with Crippen LogP contribution in [0.2, 0.25) is 0 Å². The molecule has 94 valence electrons. The molecule has 0 saturated heterocycles. The minimum Gasteiger partial charge on any atom is -0.448 e. The lowest BCUT2D eigenvalue weighted by atomic mass is 10.3. The zero-order valence-electron chi connectivity index (χ0n) is 10.00. The Balaban J connectivity index is 2.28. The maximum Gasteiger partial charge on any atom is 0.411 e. The third-order valence-electron chi connectivity index (χ3n) is 2.00. The van der Waals surface area contributed by atoms with Crippen LogP contribution in [0.15, 0.2) is 24.3 Å². The van der Waals surface area contributed by atoms with Gasteiger partial charge in [0, 0.05) is 12.6 Å². The predicted molar refractivity (Wildman–Crippen MR) is 64.5 cm³/mol. The molecule has 0 spiro atoms. The van der Waals surface area contributed by atoms with Gasteiger partial charge in [0.1, 0.15) is 12.4 Å². The topological polar surface area (TPSA) is 50.4 Å². The zero-order chi connectivity index (χ0) is 12.7. The second kappa shape index (κ2) is 6.85. The first-order chi connectivity index (χ1) is 8.09. The maximum absolute atomic E-state index is 13.2. The summed E-state index contributed by atoms with van der Waals surface area (Å²) in [5, 5.41) is 5.43. The first-order valence-electron chi connectivity index (χ1n) is 5.51. The van der Waals surface area contributed by atoms with Crippen LogP contribution in [-0.4, -0.2) is 25.3 Å². The Bertz CT molecular complexity index is 369. The van der Waals surface area contributed by atoms with Gasteiger partial charge >= 0.3 is 6.09 Å². The van der Waals surface area contributed by atoms with Gasteiger partial charge in [0.05, 0.1) is 5.69 Å². The SMILES string of the molecule is CC(C)NCCOC(=O)Nc1ccccc1F. The number of hydrogen-bond acceptors (Lipinski definition) is 3. The van der Waals surface area contributed by atoms with E-state index in [2.05, 4.69) is 10.6 Å². The summed E-state index contributed by atoms with van der Waals surface area (Å²) in [7, 11) is 0. The molecule has 0 radical (unpaired) electrons. The number of benzene rings is 1. The number of ether oxygens (including phenoxy) is 1. The van der Waals surface area contributed by atoms with E-state index in [1.807, 2.05) is 13.8 Å². The van der Waals surface area contributed by atoms with Gasteiger partial charge in [-0.3, -0.25) is 5.32 Å². The molecule has 2 N–H and O–H groups in total. The second-order valence-corrected chi connectivity index (χ2v) is 3.85. The average Bonchev–Trinajstić information content (AvgIpc) is 2.27. The third kappa shape index (κ3) is 5.31. The van der Waals surface area contributed by atoms with Gasteiger partial charge < -0.3 is 10.1 Å². The molecule has 0 aliphatic heterocycles. The highest BCUT2D eigenvalue weighted by molar-refractivity contribution is 5.84. The first-order valence-corrected chi connectivity index (χ1v) is 5.51. The summed E-state index contributed by atoms with van der Waals surface area (Å²) in [5.74, 6) is -0.482. The van der Waals surface area contributed by atoms with Crippen LogP contribution in [0.3, 0.4) is 0 Å². The molecule has 1 aromatic rings. The first kappa shape index (κ1) is 13.4. The van der Waals surface area contributed by atoms with E-state index in [1.54, 1.807) is 12.1 Å². The molecule has 0 unspecified atom stereocenters. The van der Waals surface area contributed by atoms with E-state index in [4.69, 9.17) is 4.74 Å². The third-order valence-corrected chi connectivity index (χ3v) is 2.00. The van der Waals surface area contributed by atoms with Crippen molar-refractivity contribution in [1.29, 1.82) is 0 Å². The monoisotopic (exact) mass is 240 g/mol. The zero-order valence-corrected chi connectivity index (χ0v) is 10.00. The summed E-state index contributed by atoms with van der Waals surface area (Å²) in [6, 6.07) is 6.28. The standard InChI is InChI=1S/C12H17FN2O2/c1-9(2)14-7-8-17-12(16)15-11-6-4-3-5-10(11)13/h3-6,9,14H,7-8H2,1-2H3,(H,15,16). The fraction of sp³-hybridized carbons (Fsp3) is 0.417. The number of carbonyl (C=O) groups excluding carboxylic acids is 1. The van der Waals surface area contributed by atoms with Crippen molar-refractivity contribution in [3.05, 3.63) is 30.1 Å². The molecule has 0 aliphatic rings. The highest BCUT2D eigenvalue weighted by Gasteiger charge is 2.06. The molecule has 0 atom stereocenters. The Labute approximate surface area is 100 Å². The Morgan fingerprint density at radius 2 is 2.12 bits per heavy atom. The molecule has 5 heteroatoms. The average molecular weight is 240 g/mol. The molecular weight excluding hydrogens is 223 g/mol. The van der Waals surface area contributed by atoms with Crippen molar-refractivity contribution in [2.24, 2.45) is 0 Å². The van der Waals surface area contributed by atoms with Gasteiger partial charge in [-0.1, -0.05) is 26.0 Å². The summed E-state index contributed by atoms with van der Waals surface area (Å²) in [4.78, 5) is 11.3. The smallest absolute Gasteiger partial charge is 0.411 e. The van der Waals surface area contributed by atoms with Crippen molar-refractivity contribution in [2.45, 2.75) is 19.9 Å². The van der Waals surface area contributed by atoms with Gasteiger partial charge in [-0.25, -0.2) is 9.18 Å². The molecular formula is C12H17FN2O2. The van der Waals surface area contributed by atoms with Crippen molar-refractivity contribution in [3.63, 3.8) is 0 Å². The van der Waals surface area contributed by atoms with E-state index in [0.717, 1.165) is 0 Å². The largest absolute Gasteiger partial charge is 0.448 e. The van der Waals surface area contributed by atoms with Gasteiger partial charge in [-0.2, -0.15) is 0 Å². The van der Waals surface area contributed by atoms with E-state index in [-0.39, 0.29) is 12.3 Å². The molecule has 17 heavy (non-hydrogen) atoms. The number of nitrogens with one attached hydrogen (secondary N) is 2. The number of rotatable bonds is 5. The fourth-order valence-corrected chi connectivity index (χ4v) is 1.20. The fourth-order valence-electron chi connectivity index (χ4n) is 1.20. The summed E-state index contributed by atoms with van der Waals surface area (Å²) in [5.41, 5.74) is 0.120. The van der Waals surface area contributed by atoms with Gasteiger partial charge in [-0.15, -0.1) is 0 Å². The Morgan fingerprint density at radius 3 is 2.76 bits per heavy atom. The van der Waals surface area contributed by atoms with Crippen LogP contribution in [0, 0.1) is 5.82 Å². The van der Waals surface area contributed by atoms with Crippen LogP contribution in [0.4, 0.5) is 14.9 Å². The molecule has 1 amide bonds. The number of hydrogen-bond donors (Lipinski definition) is 2. The quantitative estimate of drug-likeness (QED) is 0.777. The van der Waals surface area contributed by atoms with Crippen LogP contribution < -0.4 is 10.6 Å². The molecule has 0 fully saturated rings. The summed E-state index contributed by atoms with van der Waals surface area (Å²) >= 11 is 0. The number of para-hydroxylation sites is 1. The van der Waals surface area contributed by atoms with E-state index in [9.17, 15) is 9.18 Å². The highest BCUT2D eigenvalue weighted by atomic mass is 19.1. The summed E-state index contributed by atoms with van der Waals surface area (Å²) < 4.78 is 18.0. The molecule has 4 nitrogen and oxygen atoms in total. The van der Waals surface area contributed by atoms with Crippen molar-refractivity contribution in [3.8, 4) is 0 Å². The van der Waals surface area contributed by atoms with Crippen molar-refractivity contribution >= 4 is 11.8 Å². The molecule has 0 aromatic heterocycles. The Hall–Kier alpha value is -1.62. The Morgan fingerprint density at radius 1 is 1.41 bits per heavy atom. The second-order valence-electron chi connectivity index (χ2n) is 3.85. The molecule has 0 heterocycles. The van der Waals surface area contributed by atoms with Crippen LogP contribution in [-0.2, 0) is 4.74 Å². The molecule has 1 aromatic carbocycles. The lowest BCUT2D eigenvalue weighted by Gasteiger charge is -2.09. The summed E-state index contributed by atoms with van der Waals surface area (Å²) in [6.07, 6.45) is -0.652. The Kier molecular flexibility index (Phi) is 5.42. The van der Waals surface area contributed by atoms with E-state index >= 15 is 0 Å². The molecule has 0 bridgehead atoms. The van der Waals surface area contributed by atoms with Crippen molar-refractivity contribution in [1.82, 2.24) is 5.32 Å². The van der Waals surface area contributed by atoms with E-state index in [1.165, 1.54) is 12.1 Å². The van der Waals surface area contributed by atoms with Gasteiger partial charge in [0.25, 0.3) is 0 Å². The number of halogens is 1. The number of amides is 1. The minimum absolute atomic E-state index is 0.120. The normalized spacial score (nSPS) is 10.4. The van der Waals surface area contributed by atoms with Gasteiger partial charge in [0.2, 0.25) is 0 Å². The number of anilines is 1. The molecule has 0 saturated carbocycles. The van der Waals surface area contributed by atoms with E-state index in [0.29, 0.717) is 12.6 Å². The van der Waals surface area contributed by atoms with Gasteiger partial charge in [-0.05, 0) is 12.1 Å². The van der Waals surface area contributed by atoms with Crippen LogP contribution in [0.5, 0.6) is 0 Å². The molecule has 0 aliphatic carbocycles. The van der Waals surface area contributed by atoms with E-state index < -0.39 is 11.9 Å². The van der Waals surface area contributed by atoms with Crippen LogP contribution in [0.25, 0.3) is 0 Å². The highest BCUT2D eigenvalue weighted by Crippen LogP contribution is 2.12. The van der Waals surface area contributed by atoms with Crippen LogP contribution >= 0.6 is 0 Å². The summed E-state index contributed by atoms with van der Waals surface area (Å²) in [6.45, 7) is 4.82.